The summed E-state index contributed by atoms with van der Waals surface area (Å²) in [6.45, 7) is 7.47. The van der Waals surface area contributed by atoms with Gasteiger partial charge in [-0.15, -0.1) is 11.3 Å². The SMILES string of the molecule is CNCc1cc(S(=O)(=O)N2CCC(C)CC2C)c(C)s1. The number of hydrogen-bond donors (Lipinski definition) is 1. The Balaban J connectivity index is 2.30. The molecule has 1 fully saturated rings. The first-order valence-electron chi connectivity index (χ1n) is 7.12. The predicted octanol–water partition coefficient (Wildman–Crippen LogP) is 2.59. The summed E-state index contributed by atoms with van der Waals surface area (Å²) in [5.74, 6) is 0.611. The molecular weight excluding hydrogens is 292 g/mol. The Kier molecular flexibility index (Phi) is 4.89. The fraction of sp³-hybridized carbons (Fsp3) is 0.714. The van der Waals surface area contributed by atoms with E-state index in [2.05, 4.69) is 12.2 Å². The van der Waals surface area contributed by atoms with Crippen molar-refractivity contribution in [2.24, 2.45) is 5.92 Å². The molecule has 2 rings (SSSR count). The van der Waals surface area contributed by atoms with Crippen LogP contribution >= 0.6 is 11.3 Å². The van der Waals surface area contributed by atoms with Gasteiger partial charge in [0.15, 0.2) is 0 Å². The summed E-state index contributed by atoms with van der Waals surface area (Å²) in [6.07, 6.45) is 1.90. The molecular formula is C14H24N2O2S2. The lowest BCUT2D eigenvalue weighted by molar-refractivity contribution is 0.220. The Morgan fingerprint density at radius 3 is 2.75 bits per heavy atom. The molecule has 1 aliphatic heterocycles. The fourth-order valence-electron chi connectivity index (χ4n) is 2.91. The monoisotopic (exact) mass is 316 g/mol. The van der Waals surface area contributed by atoms with E-state index in [4.69, 9.17) is 0 Å². The van der Waals surface area contributed by atoms with Crippen LogP contribution in [0.1, 0.15) is 36.4 Å². The Morgan fingerprint density at radius 2 is 2.15 bits per heavy atom. The highest BCUT2D eigenvalue weighted by Gasteiger charge is 2.34. The molecule has 2 unspecified atom stereocenters. The molecule has 0 spiro atoms. The fourth-order valence-corrected chi connectivity index (χ4v) is 6.19. The van der Waals surface area contributed by atoms with Crippen molar-refractivity contribution in [2.45, 2.75) is 51.1 Å². The van der Waals surface area contributed by atoms with E-state index in [0.29, 0.717) is 23.9 Å². The van der Waals surface area contributed by atoms with Gasteiger partial charge >= 0.3 is 0 Å². The quantitative estimate of drug-likeness (QED) is 0.929. The molecule has 1 aliphatic rings. The second kappa shape index (κ2) is 6.13. The predicted molar refractivity (Wildman–Crippen MR) is 83.6 cm³/mol. The highest BCUT2D eigenvalue weighted by molar-refractivity contribution is 7.89. The standard InChI is InChI=1S/C14H24N2O2S2/c1-10-5-6-16(11(2)7-10)20(17,18)14-8-13(9-15-4)19-12(14)3/h8,10-11,15H,5-7,9H2,1-4H3. The number of rotatable bonds is 4. The Bertz CT molecular complexity index is 566. The van der Waals surface area contributed by atoms with E-state index < -0.39 is 10.0 Å². The first kappa shape index (κ1) is 15.9. The molecule has 20 heavy (non-hydrogen) atoms. The molecule has 2 atom stereocenters. The molecule has 0 bridgehead atoms. The molecule has 1 aromatic heterocycles. The average molecular weight is 316 g/mol. The molecule has 1 N–H and O–H groups in total. The van der Waals surface area contributed by atoms with Gasteiger partial charge < -0.3 is 5.32 Å². The van der Waals surface area contributed by atoms with E-state index in [1.165, 1.54) is 0 Å². The topological polar surface area (TPSA) is 49.4 Å². The van der Waals surface area contributed by atoms with Gasteiger partial charge in [-0.1, -0.05) is 6.92 Å². The van der Waals surface area contributed by atoms with Gasteiger partial charge in [-0.2, -0.15) is 4.31 Å². The molecule has 0 aliphatic carbocycles. The van der Waals surface area contributed by atoms with Crippen molar-refractivity contribution in [3.05, 3.63) is 15.8 Å². The summed E-state index contributed by atoms with van der Waals surface area (Å²) in [5, 5.41) is 3.07. The Morgan fingerprint density at radius 1 is 1.45 bits per heavy atom. The van der Waals surface area contributed by atoms with Crippen LogP contribution in [0.15, 0.2) is 11.0 Å². The molecule has 4 nitrogen and oxygen atoms in total. The number of hydrogen-bond acceptors (Lipinski definition) is 4. The van der Waals surface area contributed by atoms with Crippen LogP contribution < -0.4 is 5.32 Å². The van der Waals surface area contributed by atoms with E-state index in [1.807, 2.05) is 27.0 Å². The molecule has 0 amide bonds. The van der Waals surface area contributed by atoms with E-state index in [1.54, 1.807) is 15.6 Å². The molecule has 2 heterocycles. The van der Waals surface area contributed by atoms with Crippen molar-refractivity contribution >= 4 is 21.4 Å². The number of sulfonamides is 1. The van der Waals surface area contributed by atoms with E-state index in [0.717, 1.165) is 22.6 Å². The minimum atomic E-state index is -3.35. The van der Waals surface area contributed by atoms with Crippen LogP contribution in [0.3, 0.4) is 0 Å². The van der Waals surface area contributed by atoms with Crippen molar-refractivity contribution in [2.75, 3.05) is 13.6 Å². The Hall–Kier alpha value is -0.430. The molecule has 114 valence electrons. The summed E-state index contributed by atoms with van der Waals surface area (Å²) in [5.41, 5.74) is 0. The van der Waals surface area contributed by atoms with Gasteiger partial charge in [-0.25, -0.2) is 8.42 Å². The third kappa shape index (κ3) is 3.08. The summed E-state index contributed by atoms with van der Waals surface area (Å²) >= 11 is 1.56. The second-order valence-electron chi connectivity index (χ2n) is 5.76. The Labute approximate surface area is 126 Å². The van der Waals surface area contributed by atoms with Gasteiger partial charge in [-0.05, 0) is 45.7 Å². The number of piperidine rings is 1. The van der Waals surface area contributed by atoms with E-state index in [-0.39, 0.29) is 6.04 Å². The molecule has 0 aromatic carbocycles. The van der Waals surface area contributed by atoms with Crippen molar-refractivity contribution in [1.29, 1.82) is 0 Å². The first-order valence-corrected chi connectivity index (χ1v) is 9.37. The molecule has 1 saturated heterocycles. The smallest absolute Gasteiger partial charge is 0.244 e. The van der Waals surface area contributed by atoms with Crippen molar-refractivity contribution in [3.63, 3.8) is 0 Å². The number of aryl methyl sites for hydroxylation is 1. The van der Waals surface area contributed by atoms with Crippen molar-refractivity contribution in [1.82, 2.24) is 9.62 Å². The second-order valence-corrected chi connectivity index (χ2v) is 8.96. The summed E-state index contributed by atoms with van der Waals surface area (Å²) in [4.78, 5) is 2.46. The summed E-state index contributed by atoms with van der Waals surface area (Å²) in [7, 11) is -1.47. The van der Waals surface area contributed by atoms with Gasteiger partial charge in [-0.3, -0.25) is 0 Å². The minimum Gasteiger partial charge on any atom is -0.315 e. The van der Waals surface area contributed by atoms with E-state index in [9.17, 15) is 8.42 Å². The molecule has 0 saturated carbocycles. The van der Waals surface area contributed by atoms with Gasteiger partial charge in [0.1, 0.15) is 0 Å². The average Bonchev–Trinajstić information content (AvgIpc) is 2.71. The third-order valence-corrected chi connectivity index (χ3v) is 7.26. The molecule has 0 radical (unpaired) electrons. The maximum absolute atomic E-state index is 12.9. The van der Waals surface area contributed by atoms with Gasteiger partial charge in [0.25, 0.3) is 0 Å². The zero-order valence-electron chi connectivity index (χ0n) is 12.6. The highest BCUT2D eigenvalue weighted by Crippen LogP contribution is 2.32. The number of nitrogens with zero attached hydrogens (tertiary/aromatic N) is 1. The third-order valence-electron chi connectivity index (χ3n) is 3.94. The van der Waals surface area contributed by atoms with Crippen LogP contribution in [0, 0.1) is 12.8 Å². The lowest BCUT2D eigenvalue weighted by Gasteiger charge is -2.35. The van der Waals surface area contributed by atoms with Crippen LogP contribution in [0.25, 0.3) is 0 Å². The molecule has 1 aromatic rings. The summed E-state index contributed by atoms with van der Waals surface area (Å²) in [6, 6.07) is 1.92. The van der Waals surface area contributed by atoms with Gasteiger partial charge in [0.05, 0.1) is 4.90 Å². The zero-order chi connectivity index (χ0) is 14.9. The maximum atomic E-state index is 12.9. The number of nitrogens with one attached hydrogen (secondary N) is 1. The normalized spacial score (nSPS) is 25.0. The van der Waals surface area contributed by atoms with Gasteiger partial charge in [0.2, 0.25) is 10.0 Å². The molecule has 6 heteroatoms. The van der Waals surface area contributed by atoms with Crippen LogP contribution in [0.5, 0.6) is 0 Å². The van der Waals surface area contributed by atoms with Crippen LogP contribution in [0.4, 0.5) is 0 Å². The highest BCUT2D eigenvalue weighted by atomic mass is 32.2. The maximum Gasteiger partial charge on any atom is 0.244 e. The van der Waals surface area contributed by atoms with Gasteiger partial charge in [0, 0.05) is 28.9 Å². The lowest BCUT2D eigenvalue weighted by Crippen LogP contribution is -2.44. The van der Waals surface area contributed by atoms with Crippen molar-refractivity contribution in [3.8, 4) is 0 Å². The summed E-state index contributed by atoms with van der Waals surface area (Å²) < 4.78 is 27.4. The zero-order valence-corrected chi connectivity index (χ0v) is 14.3. The van der Waals surface area contributed by atoms with Crippen molar-refractivity contribution < 1.29 is 8.42 Å². The lowest BCUT2D eigenvalue weighted by atomic mass is 9.95. The minimum absolute atomic E-state index is 0.0933. The van der Waals surface area contributed by atoms with Crippen LogP contribution in [-0.2, 0) is 16.6 Å². The number of thiophene rings is 1. The van der Waals surface area contributed by atoms with Crippen LogP contribution in [-0.4, -0.2) is 32.4 Å². The van der Waals surface area contributed by atoms with E-state index >= 15 is 0 Å². The van der Waals surface area contributed by atoms with Crippen LogP contribution in [0.2, 0.25) is 0 Å². The first-order chi connectivity index (χ1) is 9.36. The largest absolute Gasteiger partial charge is 0.315 e.